The number of hydrogen-bond acceptors (Lipinski definition) is 5. The maximum absolute atomic E-state index is 11.9. The molecule has 0 aliphatic heterocycles. The summed E-state index contributed by atoms with van der Waals surface area (Å²) in [7, 11) is 0. The van der Waals surface area contributed by atoms with Crippen LogP contribution in [0.4, 0.5) is 5.69 Å². The molecule has 25 heavy (non-hydrogen) atoms. The third kappa shape index (κ3) is 5.13. The third-order valence-corrected chi connectivity index (χ3v) is 3.43. The van der Waals surface area contributed by atoms with E-state index in [4.69, 9.17) is 4.74 Å². The Kier molecular flexibility index (Phi) is 6.22. The van der Waals surface area contributed by atoms with Gasteiger partial charge < -0.3 is 4.74 Å². The lowest BCUT2D eigenvalue weighted by Crippen LogP contribution is -2.26. The second kappa shape index (κ2) is 8.58. The van der Waals surface area contributed by atoms with E-state index in [-0.39, 0.29) is 18.0 Å². The fraction of sp³-hybridized carbons (Fsp3) is 0.222. The third-order valence-electron chi connectivity index (χ3n) is 3.43. The molecule has 0 fully saturated rings. The topological polar surface area (TPSA) is 93.8 Å². The molecule has 0 radical (unpaired) electrons. The number of nitro groups is 1. The number of nitrogens with zero attached hydrogens (tertiary/aromatic N) is 2. The minimum absolute atomic E-state index is 0.0495. The summed E-state index contributed by atoms with van der Waals surface area (Å²) < 4.78 is 5.26. The number of carbonyl (C=O) groups is 1. The van der Waals surface area contributed by atoms with Gasteiger partial charge in [-0.15, -0.1) is 0 Å². The highest BCUT2D eigenvalue weighted by Gasteiger charge is 2.16. The first-order valence-corrected chi connectivity index (χ1v) is 7.80. The number of nitro benzene ring substituents is 1. The summed E-state index contributed by atoms with van der Waals surface area (Å²) >= 11 is 0. The van der Waals surface area contributed by atoms with Crippen LogP contribution in [0, 0.1) is 17.0 Å². The van der Waals surface area contributed by atoms with E-state index in [1.807, 2.05) is 37.3 Å². The Morgan fingerprint density at radius 2 is 1.96 bits per heavy atom. The number of hydrogen-bond donors (Lipinski definition) is 1. The minimum Gasteiger partial charge on any atom is -0.477 e. The Morgan fingerprint density at radius 3 is 2.60 bits per heavy atom. The molecule has 0 bridgehead atoms. The highest BCUT2D eigenvalue weighted by molar-refractivity contribution is 6.00. The summed E-state index contributed by atoms with van der Waals surface area (Å²) in [6.45, 7) is 3.32. The van der Waals surface area contributed by atoms with Crippen LogP contribution in [-0.4, -0.2) is 23.1 Å². The zero-order chi connectivity index (χ0) is 18.2. The molecule has 0 heterocycles. The number of amides is 1. The molecule has 130 valence electrons. The molecule has 2 aromatic carbocycles. The summed E-state index contributed by atoms with van der Waals surface area (Å²) in [5.41, 5.74) is 4.63. The van der Waals surface area contributed by atoms with E-state index in [0.29, 0.717) is 6.42 Å². The molecule has 0 aromatic heterocycles. The van der Waals surface area contributed by atoms with Gasteiger partial charge in [-0.25, -0.2) is 5.43 Å². The Morgan fingerprint density at radius 1 is 1.24 bits per heavy atom. The molecule has 0 atom stereocenters. The second-order valence-corrected chi connectivity index (χ2v) is 5.33. The fourth-order valence-electron chi connectivity index (χ4n) is 2.18. The van der Waals surface area contributed by atoms with Crippen LogP contribution in [-0.2, 0) is 4.79 Å². The Hall–Kier alpha value is -3.22. The molecule has 7 nitrogen and oxygen atoms in total. The van der Waals surface area contributed by atoms with Crippen molar-refractivity contribution >= 4 is 17.3 Å². The van der Waals surface area contributed by atoms with Crippen LogP contribution in [0.3, 0.4) is 0 Å². The molecule has 2 rings (SSSR count). The summed E-state index contributed by atoms with van der Waals surface area (Å²) in [6.07, 6.45) is 0.647. The van der Waals surface area contributed by atoms with Crippen molar-refractivity contribution in [3.8, 4) is 5.75 Å². The van der Waals surface area contributed by atoms with Gasteiger partial charge in [0, 0.05) is 6.07 Å². The Balaban J connectivity index is 1.99. The first-order valence-electron chi connectivity index (χ1n) is 7.80. The first kappa shape index (κ1) is 18.1. The average Bonchev–Trinajstić information content (AvgIpc) is 2.62. The molecular formula is C18H19N3O4. The number of benzene rings is 2. The number of ether oxygens (including phenoxy) is 1. The van der Waals surface area contributed by atoms with Gasteiger partial charge in [-0.05, 0) is 30.5 Å². The molecule has 0 saturated carbocycles. The lowest BCUT2D eigenvalue weighted by Gasteiger charge is -2.08. The number of hydrazone groups is 1. The smallest absolute Gasteiger partial charge is 0.311 e. The van der Waals surface area contributed by atoms with E-state index in [2.05, 4.69) is 10.5 Å². The maximum Gasteiger partial charge on any atom is 0.311 e. The van der Waals surface area contributed by atoms with Gasteiger partial charge in [0.15, 0.2) is 12.4 Å². The van der Waals surface area contributed by atoms with E-state index in [0.717, 1.165) is 16.8 Å². The maximum atomic E-state index is 11.9. The van der Waals surface area contributed by atoms with Crippen molar-refractivity contribution in [2.45, 2.75) is 20.3 Å². The van der Waals surface area contributed by atoms with Gasteiger partial charge in [0.05, 0.1) is 10.6 Å². The quantitative estimate of drug-likeness (QED) is 0.475. The summed E-state index contributed by atoms with van der Waals surface area (Å²) in [5.74, 6) is -0.440. The van der Waals surface area contributed by atoms with E-state index < -0.39 is 10.8 Å². The van der Waals surface area contributed by atoms with Gasteiger partial charge in [-0.3, -0.25) is 14.9 Å². The van der Waals surface area contributed by atoms with E-state index in [1.54, 1.807) is 13.0 Å². The van der Waals surface area contributed by atoms with Gasteiger partial charge in [-0.2, -0.15) is 5.10 Å². The molecule has 0 aliphatic rings. The Bertz CT molecular complexity index is 788. The van der Waals surface area contributed by atoms with Crippen LogP contribution in [0.2, 0.25) is 0 Å². The van der Waals surface area contributed by atoms with Crippen molar-refractivity contribution in [2.24, 2.45) is 5.10 Å². The molecule has 0 spiro atoms. The molecule has 0 saturated heterocycles. The lowest BCUT2D eigenvalue weighted by molar-refractivity contribution is -0.385. The van der Waals surface area contributed by atoms with Gasteiger partial charge in [0.25, 0.3) is 5.91 Å². The van der Waals surface area contributed by atoms with Crippen molar-refractivity contribution in [2.75, 3.05) is 6.61 Å². The largest absolute Gasteiger partial charge is 0.477 e. The monoisotopic (exact) mass is 341 g/mol. The summed E-state index contributed by atoms with van der Waals surface area (Å²) in [5, 5.41) is 15.1. The Labute approximate surface area is 145 Å². The fourth-order valence-corrected chi connectivity index (χ4v) is 2.18. The van der Waals surface area contributed by atoms with Crippen molar-refractivity contribution in [1.82, 2.24) is 5.43 Å². The normalized spacial score (nSPS) is 11.0. The summed E-state index contributed by atoms with van der Waals surface area (Å²) in [4.78, 5) is 22.4. The van der Waals surface area contributed by atoms with Gasteiger partial charge >= 0.3 is 5.69 Å². The lowest BCUT2D eigenvalue weighted by atomic mass is 10.1. The van der Waals surface area contributed by atoms with Crippen molar-refractivity contribution in [1.29, 1.82) is 0 Å². The van der Waals surface area contributed by atoms with E-state index in [9.17, 15) is 14.9 Å². The van der Waals surface area contributed by atoms with Crippen LogP contribution >= 0.6 is 0 Å². The molecule has 1 N–H and O–H groups in total. The molecule has 0 unspecified atom stereocenters. The summed E-state index contributed by atoms with van der Waals surface area (Å²) in [6, 6.07) is 14.0. The molecule has 0 aliphatic carbocycles. The average molecular weight is 341 g/mol. The van der Waals surface area contributed by atoms with Gasteiger partial charge in [0.1, 0.15) is 0 Å². The molecule has 1 amide bonds. The zero-order valence-corrected chi connectivity index (χ0v) is 14.1. The highest BCUT2D eigenvalue weighted by Crippen LogP contribution is 2.27. The standard InChI is InChI=1S/C18H19N3O4/c1-3-15(14-7-5-4-6-8-14)19-20-18(22)12-25-17-10-9-13(2)11-16(17)21(23)24/h4-11H,3,12H2,1-2H3,(H,20,22)/b19-15+. The number of aryl methyl sites for hydroxylation is 1. The zero-order valence-electron chi connectivity index (χ0n) is 14.1. The van der Waals surface area contributed by atoms with E-state index in [1.165, 1.54) is 12.1 Å². The first-order chi connectivity index (χ1) is 12.0. The predicted octanol–water partition coefficient (Wildman–Crippen LogP) is 3.21. The number of carbonyl (C=O) groups excluding carboxylic acids is 1. The SMILES string of the molecule is CC/C(=N\NC(=O)COc1ccc(C)cc1[N+](=O)[O-])c1ccccc1. The van der Waals surface area contributed by atoms with Crippen molar-refractivity contribution < 1.29 is 14.5 Å². The highest BCUT2D eigenvalue weighted by atomic mass is 16.6. The van der Waals surface area contributed by atoms with Crippen LogP contribution in [0.25, 0.3) is 0 Å². The van der Waals surface area contributed by atoms with Gasteiger partial charge in [0.2, 0.25) is 0 Å². The van der Waals surface area contributed by atoms with Crippen LogP contribution < -0.4 is 10.2 Å². The number of nitrogens with one attached hydrogen (secondary N) is 1. The van der Waals surface area contributed by atoms with Crippen LogP contribution in [0.5, 0.6) is 5.75 Å². The van der Waals surface area contributed by atoms with Crippen LogP contribution in [0.15, 0.2) is 53.6 Å². The number of rotatable bonds is 7. The van der Waals surface area contributed by atoms with Crippen LogP contribution in [0.1, 0.15) is 24.5 Å². The van der Waals surface area contributed by atoms with Crippen molar-refractivity contribution in [3.63, 3.8) is 0 Å². The van der Waals surface area contributed by atoms with E-state index >= 15 is 0 Å². The minimum atomic E-state index is -0.539. The molecular weight excluding hydrogens is 322 g/mol. The molecule has 7 heteroatoms. The van der Waals surface area contributed by atoms with Gasteiger partial charge in [-0.1, -0.05) is 43.3 Å². The van der Waals surface area contributed by atoms with Crippen molar-refractivity contribution in [3.05, 3.63) is 69.8 Å². The predicted molar refractivity (Wildman–Crippen MR) is 94.7 cm³/mol. The second-order valence-electron chi connectivity index (χ2n) is 5.33. The molecule has 2 aromatic rings.